The van der Waals surface area contributed by atoms with E-state index in [4.69, 9.17) is 14.5 Å². The Morgan fingerprint density at radius 2 is 1.58 bits per heavy atom. The summed E-state index contributed by atoms with van der Waals surface area (Å²) in [5, 5.41) is 27.9. The highest BCUT2D eigenvalue weighted by Gasteiger charge is 2.48. The number of ether oxygens (including phenoxy) is 2. The minimum absolute atomic E-state index is 0.0482. The van der Waals surface area contributed by atoms with Gasteiger partial charge in [0.05, 0.1) is 54.7 Å². The number of aromatic nitrogens is 2. The van der Waals surface area contributed by atoms with E-state index in [0.717, 1.165) is 16.0 Å². The van der Waals surface area contributed by atoms with E-state index in [1.54, 1.807) is 19.9 Å². The summed E-state index contributed by atoms with van der Waals surface area (Å²) in [4.78, 5) is 135. The van der Waals surface area contributed by atoms with Crippen LogP contribution in [0.2, 0.25) is 0 Å². The van der Waals surface area contributed by atoms with E-state index in [9.17, 15) is 53.1 Å². The first-order valence-electron chi connectivity index (χ1n) is 26.6. The molecule has 2 aromatic heterocycles. The van der Waals surface area contributed by atoms with E-state index in [2.05, 4.69) is 31.9 Å². The van der Waals surface area contributed by atoms with Gasteiger partial charge in [0.25, 0.3) is 23.3 Å². The highest BCUT2D eigenvalue weighted by molar-refractivity contribution is 6.12. The molecule has 8 amide bonds. The summed E-state index contributed by atoms with van der Waals surface area (Å²) in [5.41, 5.74) is 0.830. The van der Waals surface area contributed by atoms with Gasteiger partial charge in [0.15, 0.2) is 5.60 Å². The lowest BCUT2D eigenvalue weighted by molar-refractivity contribution is -0.172. The van der Waals surface area contributed by atoms with Crippen molar-refractivity contribution >= 4 is 64.1 Å². The molecule has 4 aromatic rings. The summed E-state index contributed by atoms with van der Waals surface area (Å²) in [6.07, 6.45) is 6.67. The number of carbonyl (C=O) groups is 9. The number of cyclic esters (lactones) is 1. The van der Waals surface area contributed by atoms with Crippen molar-refractivity contribution in [1.82, 2.24) is 46.4 Å². The Bertz CT molecular complexity index is 3250. The smallest absolute Gasteiger partial charge is 0.343 e. The predicted molar refractivity (Wildman–Crippen MR) is 279 cm³/mol. The molecular weight excluding hydrogens is 1030 g/mol. The third-order valence-electron chi connectivity index (χ3n) is 15.6. The molecule has 1 fully saturated rings. The summed E-state index contributed by atoms with van der Waals surface area (Å²) in [6, 6.07) is 10.4. The molecule has 2 aromatic carbocycles. The lowest BCUT2D eigenvalue weighted by Crippen LogP contribution is -2.56. The fourth-order valence-electron chi connectivity index (χ4n) is 10.9. The number of benzene rings is 2. The average molecular weight is 1090 g/mol. The van der Waals surface area contributed by atoms with Crippen LogP contribution in [0, 0.1) is 12.7 Å². The second-order valence-corrected chi connectivity index (χ2v) is 20.5. The van der Waals surface area contributed by atoms with Crippen LogP contribution in [0.1, 0.15) is 116 Å². The standard InChI is InChI=1S/C56H62FN9O13/c1-3-56(77)36-23-41-50-34(28-66(41)52(74)35(36)29-78-54(56)76)49-38(17-15-33-31(2)37(57)24-40(63-50)48(33)49)64-53(75)55(20-10-21-55)79-30-61-44(69)26-60-51(73)39(16-14-32-11-6-4-7-12-32)62-45(70)27-59-43(68)25-58-42(67)13-8-5-9-22-65-46(71)18-19-47(65)72/h4,6-7,11-12,18-19,23-24,38-39,77H,3,5,8-10,13-17,20-22,25-30H2,1-2H3,(H,58,67)(H,59,68)(H,60,73)(H,61,69)(H,62,70)(H,64,75)/t38-,39-,56-/m0/s1. The van der Waals surface area contributed by atoms with E-state index < -0.39 is 95.7 Å². The van der Waals surface area contributed by atoms with Crippen molar-refractivity contribution in [2.45, 2.75) is 127 Å². The second kappa shape index (κ2) is 23.4. The van der Waals surface area contributed by atoms with Crippen LogP contribution in [0.4, 0.5) is 4.39 Å². The highest BCUT2D eigenvalue weighted by Crippen LogP contribution is 2.47. The summed E-state index contributed by atoms with van der Waals surface area (Å²) in [6.45, 7) is 1.48. The SMILES string of the molecule is CC[C@@]1(O)C(=O)OCc2c1cc1n(c2=O)Cc2c-1nc1cc(F)c(C)c3c1c2[C@@H](NC(=O)C1(OCNC(=O)CNC(=O)[C@H](CCc2ccccc2)NC(=O)CNC(=O)CNC(=O)CCCCCN2C(=O)C=CC2=O)CCC1)CC3. The number of aryl methyl sites for hydroxylation is 2. The summed E-state index contributed by atoms with van der Waals surface area (Å²) >= 11 is 0. The molecular formula is C56H62FN9O13. The lowest BCUT2D eigenvalue weighted by atomic mass is 9.77. The zero-order valence-electron chi connectivity index (χ0n) is 43.9. The molecule has 0 saturated heterocycles. The van der Waals surface area contributed by atoms with Crippen molar-refractivity contribution < 1.29 is 62.1 Å². The van der Waals surface area contributed by atoms with Gasteiger partial charge in [0.1, 0.15) is 30.8 Å². The molecule has 7 N–H and O–H groups in total. The Balaban J connectivity index is 0.780. The number of pyridine rings is 2. The van der Waals surface area contributed by atoms with Gasteiger partial charge in [-0.25, -0.2) is 14.2 Å². The number of imide groups is 1. The molecule has 23 heteroatoms. The fourth-order valence-corrected chi connectivity index (χ4v) is 10.9. The van der Waals surface area contributed by atoms with Gasteiger partial charge in [-0.1, -0.05) is 43.7 Å². The molecule has 416 valence electrons. The van der Waals surface area contributed by atoms with Crippen LogP contribution in [-0.2, 0) is 84.2 Å². The van der Waals surface area contributed by atoms with Gasteiger partial charge in [-0.15, -0.1) is 0 Å². The number of carbonyl (C=O) groups excluding carboxylic acids is 9. The summed E-state index contributed by atoms with van der Waals surface area (Å²) in [5.74, 6) is -5.56. The van der Waals surface area contributed by atoms with Crippen molar-refractivity contribution in [3.05, 3.63) is 110 Å². The number of esters is 1. The first-order chi connectivity index (χ1) is 37.9. The maximum atomic E-state index is 15.5. The van der Waals surface area contributed by atoms with Crippen molar-refractivity contribution in [1.29, 1.82) is 0 Å². The second-order valence-electron chi connectivity index (χ2n) is 20.5. The minimum Gasteiger partial charge on any atom is -0.458 e. The van der Waals surface area contributed by atoms with Crippen molar-refractivity contribution in [2.75, 3.05) is 32.9 Å². The van der Waals surface area contributed by atoms with Gasteiger partial charge in [-0.05, 0) is 99.5 Å². The monoisotopic (exact) mass is 1090 g/mol. The number of nitrogens with one attached hydrogen (secondary N) is 6. The molecule has 22 nitrogen and oxygen atoms in total. The van der Waals surface area contributed by atoms with E-state index in [1.807, 2.05) is 30.3 Å². The first kappa shape index (κ1) is 55.6. The Morgan fingerprint density at radius 1 is 0.873 bits per heavy atom. The third kappa shape index (κ3) is 11.5. The molecule has 3 aliphatic heterocycles. The number of amides is 8. The van der Waals surface area contributed by atoms with Gasteiger partial charge >= 0.3 is 5.97 Å². The number of halogens is 1. The first-order valence-corrected chi connectivity index (χ1v) is 26.6. The molecule has 2 aliphatic carbocycles. The van der Waals surface area contributed by atoms with Gasteiger partial charge in [-0.2, -0.15) is 0 Å². The number of aliphatic hydroxyl groups is 1. The zero-order valence-corrected chi connectivity index (χ0v) is 43.9. The maximum Gasteiger partial charge on any atom is 0.343 e. The Kier molecular flexibility index (Phi) is 16.5. The quantitative estimate of drug-likeness (QED) is 0.0212. The maximum absolute atomic E-state index is 15.5. The number of hydrogen-bond acceptors (Lipinski definition) is 14. The molecule has 9 rings (SSSR count). The molecule has 5 heterocycles. The number of rotatable bonds is 23. The average Bonchev–Trinajstić information content (AvgIpc) is 3.69. The van der Waals surface area contributed by atoms with Crippen molar-refractivity contribution in [2.24, 2.45) is 0 Å². The van der Waals surface area contributed by atoms with E-state index in [0.29, 0.717) is 96.8 Å². The molecule has 1 saturated carbocycles. The lowest BCUT2D eigenvalue weighted by Gasteiger charge is -2.41. The zero-order chi connectivity index (χ0) is 56.2. The van der Waals surface area contributed by atoms with Crippen LogP contribution < -0.4 is 37.5 Å². The van der Waals surface area contributed by atoms with Crippen LogP contribution >= 0.6 is 0 Å². The predicted octanol–water partition coefficient (Wildman–Crippen LogP) is 1.60. The van der Waals surface area contributed by atoms with Crippen LogP contribution in [-0.4, -0.2) is 117 Å². The van der Waals surface area contributed by atoms with Crippen LogP contribution in [0.15, 0.2) is 59.4 Å². The highest BCUT2D eigenvalue weighted by atomic mass is 19.1. The normalized spacial score (nSPS) is 18.6. The minimum atomic E-state index is -2.06. The molecule has 0 unspecified atom stereocenters. The van der Waals surface area contributed by atoms with Gasteiger partial charge < -0.3 is 51.0 Å². The van der Waals surface area contributed by atoms with Crippen molar-refractivity contribution in [3.8, 4) is 11.4 Å². The number of fused-ring (bicyclic) bond motifs is 5. The Morgan fingerprint density at radius 3 is 2.30 bits per heavy atom. The largest absolute Gasteiger partial charge is 0.458 e. The van der Waals surface area contributed by atoms with Crippen molar-refractivity contribution in [3.63, 3.8) is 0 Å². The van der Waals surface area contributed by atoms with Crippen LogP contribution in [0.5, 0.6) is 0 Å². The topological polar surface area (TPSA) is 303 Å². The summed E-state index contributed by atoms with van der Waals surface area (Å²) in [7, 11) is 0. The van der Waals surface area contributed by atoms with E-state index in [1.165, 1.54) is 22.8 Å². The molecule has 0 bridgehead atoms. The van der Waals surface area contributed by atoms with Gasteiger partial charge in [0, 0.05) is 47.7 Å². The Labute approximate surface area is 452 Å². The molecule has 3 atom stereocenters. The fraction of sp³-hybridized carbons (Fsp3) is 0.446. The molecule has 5 aliphatic rings. The van der Waals surface area contributed by atoms with E-state index in [-0.39, 0.29) is 68.6 Å². The molecule has 0 spiro atoms. The number of unbranched alkanes of at least 4 members (excludes halogenated alkanes) is 2. The van der Waals surface area contributed by atoms with Gasteiger partial charge in [-0.3, -0.25) is 48.1 Å². The third-order valence-corrected chi connectivity index (χ3v) is 15.6. The van der Waals surface area contributed by atoms with Crippen LogP contribution in [0.3, 0.4) is 0 Å². The summed E-state index contributed by atoms with van der Waals surface area (Å²) < 4.78 is 28.4. The number of nitrogens with zero attached hydrogens (tertiary/aromatic N) is 3. The molecule has 0 radical (unpaired) electrons. The van der Waals surface area contributed by atoms with Gasteiger partial charge in [0.2, 0.25) is 29.5 Å². The Hall–Kier alpha value is -8.18. The van der Waals surface area contributed by atoms with Crippen LogP contribution in [0.25, 0.3) is 22.3 Å². The molecule has 79 heavy (non-hydrogen) atoms. The number of hydrogen-bond donors (Lipinski definition) is 7. The van der Waals surface area contributed by atoms with E-state index >= 15 is 4.39 Å².